The van der Waals surface area contributed by atoms with Gasteiger partial charge in [0.15, 0.2) is 5.65 Å². The van der Waals surface area contributed by atoms with Crippen molar-refractivity contribution in [3.63, 3.8) is 0 Å². The van der Waals surface area contributed by atoms with Gasteiger partial charge in [0.25, 0.3) is 0 Å². The summed E-state index contributed by atoms with van der Waals surface area (Å²) in [5.74, 6) is 2.49. The summed E-state index contributed by atoms with van der Waals surface area (Å²) in [5.41, 5.74) is 3.12. The first-order chi connectivity index (χ1) is 14.0. The van der Waals surface area contributed by atoms with Crippen molar-refractivity contribution in [2.45, 2.75) is 51.7 Å². The first-order valence-corrected chi connectivity index (χ1v) is 10.8. The van der Waals surface area contributed by atoms with Crippen LogP contribution in [-0.2, 0) is 4.74 Å². The van der Waals surface area contributed by atoms with Crippen LogP contribution >= 0.6 is 0 Å². The third-order valence-corrected chi connectivity index (χ3v) is 6.62. The first-order valence-electron chi connectivity index (χ1n) is 10.8. The number of hydrogen-bond donors (Lipinski definition) is 2. The number of aromatic nitrogens is 3. The lowest BCUT2D eigenvalue weighted by molar-refractivity contribution is 0.0422. The van der Waals surface area contributed by atoms with E-state index in [1.807, 2.05) is 22.5 Å². The first kappa shape index (κ1) is 18.7. The van der Waals surface area contributed by atoms with Gasteiger partial charge in [-0.3, -0.25) is 0 Å². The van der Waals surface area contributed by atoms with Crippen molar-refractivity contribution in [2.24, 2.45) is 11.8 Å². The minimum absolute atomic E-state index is 0.0551. The van der Waals surface area contributed by atoms with Crippen LogP contribution in [-0.4, -0.2) is 63.9 Å². The molecular formula is C21H30N6O2. The van der Waals surface area contributed by atoms with E-state index in [4.69, 9.17) is 9.72 Å². The molecule has 4 heterocycles. The normalized spacial score (nSPS) is 26.8. The van der Waals surface area contributed by atoms with Gasteiger partial charge in [0.05, 0.1) is 6.20 Å². The van der Waals surface area contributed by atoms with E-state index >= 15 is 0 Å². The average molecular weight is 399 g/mol. The monoisotopic (exact) mass is 398 g/mol. The van der Waals surface area contributed by atoms with Gasteiger partial charge in [-0.2, -0.15) is 9.61 Å². The Balaban J connectivity index is 1.24. The van der Waals surface area contributed by atoms with Crippen molar-refractivity contribution >= 4 is 17.6 Å². The Morgan fingerprint density at radius 1 is 1.28 bits per heavy atom. The fourth-order valence-electron chi connectivity index (χ4n) is 4.95. The standard InChI is InChI=1S/C21H30N6O2/c1-12(2)18-9-23-27-19(4-13(3)24-20(18)27)25-16-5-14-10-26(11-15(14)6-16)21(28)29-17-7-22-8-17/h4,9,12,14-17,22,25H,5-8,10-11H2,1-3H3. The maximum Gasteiger partial charge on any atom is 0.410 e. The quantitative estimate of drug-likeness (QED) is 0.823. The topological polar surface area (TPSA) is 83.8 Å². The number of anilines is 1. The highest BCUT2D eigenvalue weighted by molar-refractivity contribution is 5.68. The molecule has 2 atom stereocenters. The lowest BCUT2D eigenvalue weighted by Gasteiger charge is -2.29. The molecule has 3 aliphatic rings. The van der Waals surface area contributed by atoms with Crippen LogP contribution in [0.1, 0.15) is 43.9 Å². The lowest BCUT2D eigenvalue weighted by Crippen LogP contribution is -2.51. The Bertz CT molecular complexity index is 907. The number of carbonyl (C=O) groups excluding carboxylic acids is 1. The zero-order valence-electron chi connectivity index (χ0n) is 17.4. The zero-order chi connectivity index (χ0) is 20.1. The van der Waals surface area contributed by atoms with Gasteiger partial charge in [-0.05, 0) is 37.5 Å². The second kappa shape index (κ2) is 7.16. The van der Waals surface area contributed by atoms with E-state index in [1.165, 1.54) is 5.56 Å². The molecule has 1 aliphatic carbocycles. The highest BCUT2D eigenvalue weighted by Crippen LogP contribution is 2.39. The second-order valence-electron chi connectivity index (χ2n) is 9.17. The molecule has 0 radical (unpaired) electrons. The van der Waals surface area contributed by atoms with Crippen LogP contribution in [0, 0.1) is 18.8 Å². The summed E-state index contributed by atoms with van der Waals surface area (Å²) in [5, 5.41) is 11.4. The van der Waals surface area contributed by atoms with Crippen LogP contribution in [0.3, 0.4) is 0 Å². The molecule has 1 amide bonds. The Morgan fingerprint density at radius 3 is 2.62 bits per heavy atom. The Labute approximate surface area is 171 Å². The molecule has 2 aromatic rings. The van der Waals surface area contributed by atoms with Gasteiger partial charge in [0.2, 0.25) is 0 Å². The highest BCUT2D eigenvalue weighted by atomic mass is 16.6. The minimum atomic E-state index is -0.139. The number of likely N-dealkylation sites (tertiary alicyclic amines) is 1. The van der Waals surface area contributed by atoms with E-state index in [0.717, 1.165) is 56.2 Å². The summed E-state index contributed by atoms with van der Waals surface area (Å²) >= 11 is 0. The van der Waals surface area contributed by atoms with E-state index in [-0.39, 0.29) is 12.2 Å². The van der Waals surface area contributed by atoms with Gasteiger partial charge in [0.1, 0.15) is 11.9 Å². The summed E-state index contributed by atoms with van der Waals surface area (Å²) in [4.78, 5) is 19.0. The third kappa shape index (κ3) is 3.43. The number of ether oxygens (including phenoxy) is 1. The summed E-state index contributed by atoms with van der Waals surface area (Å²) in [6, 6.07) is 2.48. The van der Waals surface area contributed by atoms with Crippen LogP contribution in [0.5, 0.6) is 0 Å². The van der Waals surface area contributed by atoms with Gasteiger partial charge in [-0.25, -0.2) is 9.78 Å². The summed E-state index contributed by atoms with van der Waals surface area (Å²) < 4.78 is 7.47. The Morgan fingerprint density at radius 2 is 2.00 bits per heavy atom. The maximum absolute atomic E-state index is 12.3. The summed E-state index contributed by atoms with van der Waals surface area (Å²) in [6.45, 7) is 9.56. The molecule has 3 fully saturated rings. The molecule has 2 saturated heterocycles. The van der Waals surface area contributed by atoms with Crippen LogP contribution in [0.2, 0.25) is 0 Å². The van der Waals surface area contributed by atoms with Crippen molar-refractivity contribution in [3.05, 3.63) is 23.5 Å². The molecule has 2 aliphatic heterocycles. The molecule has 8 heteroatoms. The third-order valence-electron chi connectivity index (χ3n) is 6.62. The molecule has 8 nitrogen and oxygen atoms in total. The molecular weight excluding hydrogens is 368 g/mol. The molecule has 0 aromatic carbocycles. The van der Waals surface area contributed by atoms with Crippen molar-refractivity contribution in [3.8, 4) is 0 Å². The highest BCUT2D eigenvalue weighted by Gasteiger charge is 2.43. The molecule has 0 bridgehead atoms. The van der Waals surface area contributed by atoms with Crippen LogP contribution in [0.4, 0.5) is 10.6 Å². The number of aryl methyl sites for hydroxylation is 1. The van der Waals surface area contributed by atoms with E-state index in [0.29, 0.717) is 23.8 Å². The van der Waals surface area contributed by atoms with Gasteiger partial charge in [0, 0.05) is 49.5 Å². The van der Waals surface area contributed by atoms with Gasteiger partial charge >= 0.3 is 6.09 Å². The molecule has 156 valence electrons. The number of hydrogen-bond acceptors (Lipinski definition) is 6. The summed E-state index contributed by atoms with van der Waals surface area (Å²) in [7, 11) is 0. The maximum atomic E-state index is 12.3. The average Bonchev–Trinajstić information content (AvgIpc) is 3.30. The Kier molecular flexibility index (Phi) is 4.61. The zero-order valence-corrected chi connectivity index (χ0v) is 17.4. The van der Waals surface area contributed by atoms with Gasteiger partial charge in [-0.15, -0.1) is 0 Å². The second-order valence-corrected chi connectivity index (χ2v) is 9.17. The van der Waals surface area contributed by atoms with Crippen LogP contribution in [0.15, 0.2) is 12.3 Å². The van der Waals surface area contributed by atoms with Crippen LogP contribution in [0.25, 0.3) is 5.65 Å². The lowest BCUT2D eigenvalue weighted by atomic mass is 10.0. The number of carbonyl (C=O) groups is 1. The van der Waals surface area contributed by atoms with Crippen molar-refractivity contribution in [1.82, 2.24) is 24.8 Å². The smallest absolute Gasteiger partial charge is 0.410 e. The number of nitrogens with one attached hydrogen (secondary N) is 2. The number of nitrogens with zero attached hydrogens (tertiary/aromatic N) is 4. The van der Waals surface area contributed by atoms with Crippen molar-refractivity contribution < 1.29 is 9.53 Å². The van der Waals surface area contributed by atoms with E-state index in [2.05, 4.69) is 35.6 Å². The molecule has 2 aromatic heterocycles. The predicted octanol–water partition coefficient (Wildman–Crippen LogP) is 2.39. The molecule has 1 saturated carbocycles. The van der Waals surface area contributed by atoms with Crippen molar-refractivity contribution in [1.29, 1.82) is 0 Å². The van der Waals surface area contributed by atoms with E-state index in [1.54, 1.807) is 0 Å². The minimum Gasteiger partial charge on any atom is -0.443 e. The largest absolute Gasteiger partial charge is 0.443 e. The van der Waals surface area contributed by atoms with Gasteiger partial charge < -0.3 is 20.3 Å². The number of amides is 1. The van der Waals surface area contributed by atoms with Gasteiger partial charge in [-0.1, -0.05) is 13.8 Å². The van der Waals surface area contributed by atoms with E-state index in [9.17, 15) is 4.79 Å². The summed E-state index contributed by atoms with van der Waals surface area (Å²) in [6.07, 6.45) is 3.99. The molecule has 29 heavy (non-hydrogen) atoms. The molecule has 2 N–H and O–H groups in total. The Hall–Kier alpha value is -2.35. The molecule has 2 unspecified atom stereocenters. The molecule has 5 rings (SSSR count). The number of fused-ring (bicyclic) bond motifs is 2. The fourth-order valence-corrected chi connectivity index (χ4v) is 4.95. The SMILES string of the molecule is Cc1cc(NC2CC3CN(C(=O)OC4CNC4)CC3C2)n2ncc(C(C)C)c2n1. The van der Waals surface area contributed by atoms with Crippen molar-refractivity contribution in [2.75, 3.05) is 31.5 Å². The number of rotatable bonds is 4. The van der Waals surface area contributed by atoms with Crippen LogP contribution < -0.4 is 10.6 Å². The van der Waals surface area contributed by atoms with E-state index < -0.39 is 0 Å². The predicted molar refractivity (Wildman–Crippen MR) is 110 cm³/mol. The molecule has 0 spiro atoms. The fraction of sp³-hybridized carbons (Fsp3) is 0.667.